The van der Waals surface area contributed by atoms with Crippen molar-refractivity contribution in [2.75, 3.05) is 0 Å². The Bertz CT molecular complexity index is 707. The summed E-state index contributed by atoms with van der Waals surface area (Å²) >= 11 is 0. The topological polar surface area (TPSA) is 67.4 Å². The zero-order chi connectivity index (χ0) is 18.2. The van der Waals surface area contributed by atoms with Gasteiger partial charge in [-0.15, -0.1) is 0 Å². The molecule has 0 spiro atoms. The van der Waals surface area contributed by atoms with Gasteiger partial charge < -0.3 is 15.4 Å². The predicted octanol–water partition coefficient (Wildman–Crippen LogP) is 2.71. The van der Waals surface area contributed by atoms with Crippen molar-refractivity contribution in [1.29, 1.82) is 0 Å². The molecule has 2 rings (SSSR count). The second-order valence-electron chi connectivity index (χ2n) is 6.16. The van der Waals surface area contributed by atoms with Gasteiger partial charge in [0.1, 0.15) is 5.75 Å². The van der Waals surface area contributed by atoms with Crippen molar-refractivity contribution < 1.29 is 14.3 Å². The first kappa shape index (κ1) is 18.5. The quantitative estimate of drug-likeness (QED) is 0.795. The Balaban J connectivity index is 1.77. The second kappa shape index (κ2) is 8.87. The zero-order valence-corrected chi connectivity index (χ0v) is 14.8. The van der Waals surface area contributed by atoms with Crippen LogP contribution in [0.25, 0.3) is 0 Å². The van der Waals surface area contributed by atoms with Crippen LogP contribution in [0.15, 0.2) is 48.5 Å². The minimum atomic E-state index is -0.644. The third kappa shape index (κ3) is 6.30. The molecule has 0 aliphatic rings. The number of carbonyl (C=O) groups excluding carboxylic acids is 2. The lowest BCUT2D eigenvalue weighted by Crippen LogP contribution is -2.39. The summed E-state index contributed by atoms with van der Waals surface area (Å²) in [7, 11) is 0. The van der Waals surface area contributed by atoms with Gasteiger partial charge in [0.2, 0.25) is 0 Å². The van der Waals surface area contributed by atoms with Gasteiger partial charge in [-0.25, -0.2) is 0 Å². The number of nitrogens with one attached hydrogen (secondary N) is 2. The fourth-order valence-electron chi connectivity index (χ4n) is 2.19. The Morgan fingerprint density at radius 1 is 0.840 bits per heavy atom. The Morgan fingerprint density at radius 3 is 1.72 bits per heavy atom. The van der Waals surface area contributed by atoms with Crippen LogP contribution in [0.5, 0.6) is 5.75 Å². The fraction of sp³-hybridized carbons (Fsp3) is 0.300. The summed E-state index contributed by atoms with van der Waals surface area (Å²) in [6.45, 7) is 6.54. The van der Waals surface area contributed by atoms with Crippen LogP contribution in [0.4, 0.5) is 0 Å². The maximum absolute atomic E-state index is 11.9. The van der Waals surface area contributed by atoms with E-state index in [4.69, 9.17) is 4.74 Å². The highest BCUT2D eigenvalue weighted by Crippen LogP contribution is 2.13. The van der Waals surface area contributed by atoms with Gasteiger partial charge in [0.25, 0.3) is 0 Å². The molecule has 5 heteroatoms. The van der Waals surface area contributed by atoms with Crippen LogP contribution in [-0.4, -0.2) is 17.9 Å². The summed E-state index contributed by atoms with van der Waals surface area (Å²) in [5.74, 6) is -0.504. The zero-order valence-electron chi connectivity index (χ0n) is 14.8. The van der Waals surface area contributed by atoms with Gasteiger partial charge in [-0.1, -0.05) is 42.0 Å². The molecule has 0 saturated heterocycles. The molecular formula is C20H24N2O3. The van der Waals surface area contributed by atoms with Crippen molar-refractivity contribution in [3.63, 3.8) is 0 Å². The van der Waals surface area contributed by atoms with Gasteiger partial charge in [-0.2, -0.15) is 0 Å². The van der Waals surface area contributed by atoms with E-state index in [1.54, 1.807) is 0 Å². The first-order valence-corrected chi connectivity index (χ1v) is 8.31. The maximum atomic E-state index is 11.9. The molecule has 2 amide bonds. The van der Waals surface area contributed by atoms with Crippen molar-refractivity contribution in [1.82, 2.24) is 10.6 Å². The SMILES string of the molecule is Cc1ccc(CNC(=O)C(=O)NCc2ccc(OC(C)C)cc2)cc1. The van der Waals surface area contributed by atoms with E-state index in [-0.39, 0.29) is 6.10 Å². The standard InChI is InChI=1S/C20H24N2O3/c1-14(2)25-18-10-8-17(9-11-18)13-22-20(24)19(23)21-12-16-6-4-15(3)5-7-16/h4-11,14H,12-13H2,1-3H3,(H,21,23)(H,22,24). The van der Waals surface area contributed by atoms with Crippen LogP contribution in [0.2, 0.25) is 0 Å². The molecule has 132 valence electrons. The third-order valence-corrected chi connectivity index (χ3v) is 3.53. The molecule has 0 fully saturated rings. The molecule has 5 nitrogen and oxygen atoms in total. The molecule has 0 aliphatic heterocycles. The van der Waals surface area contributed by atoms with Crippen LogP contribution < -0.4 is 15.4 Å². The number of hydrogen-bond donors (Lipinski definition) is 2. The summed E-state index contributed by atoms with van der Waals surface area (Å²) in [4.78, 5) is 23.7. The number of rotatable bonds is 6. The average molecular weight is 340 g/mol. The third-order valence-electron chi connectivity index (χ3n) is 3.53. The molecule has 2 N–H and O–H groups in total. The molecule has 0 bridgehead atoms. The predicted molar refractivity (Wildman–Crippen MR) is 97.1 cm³/mol. The molecule has 0 aliphatic carbocycles. The largest absolute Gasteiger partial charge is 0.491 e. The highest BCUT2D eigenvalue weighted by Gasteiger charge is 2.12. The van der Waals surface area contributed by atoms with Crippen LogP contribution in [0.1, 0.15) is 30.5 Å². The summed E-state index contributed by atoms with van der Waals surface area (Å²) < 4.78 is 5.56. The second-order valence-corrected chi connectivity index (χ2v) is 6.16. The van der Waals surface area contributed by atoms with Crippen LogP contribution in [0, 0.1) is 6.92 Å². The highest BCUT2D eigenvalue weighted by atomic mass is 16.5. The van der Waals surface area contributed by atoms with Gasteiger partial charge >= 0.3 is 11.8 Å². The minimum Gasteiger partial charge on any atom is -0.491 e. The number of aryl methyl sites for hydroxylation is 1. The number of carbonyl (C=O) groups is 2. The van der Waals surface area contributed by atoms with Crippen molar-refractivity contribution in [3.05, 3.63) is 65.2 Å². The smallest absolute Gasteiger partial charge is 0.309 e. The molecule has 0 radical (unpaired) electrons. The van der Waals surface area contributed by atoms with Crippen molar-refractivity contribution in [3.8, 4) is 5.75 Å². The van der Waals surface area contributed by atoms with Crippen LogP contribution in [0.3, 0.4) is 0 Å². The number of ether oxygens (including phenoxy) is 1. The van der Waals surface area contributed by atoms with Gasteiger partial charge in [-0.05, 0) is 44.0 Å². The lowest BCUT2D eigenvalue weighted by Gasteiger charge is -2.10. The molecule has 0 saturated carbocycles. The highest BCUT2D eigenvalue weighted by molar-refractivity contribution is 6.35. The van der Waals surface area contributed by atoms with Crippen LogP contribution >= 0.6 is 0 Å². The van der Waals surface area contributed by atoms with E-state index >= 15 is 0 Å². The van der Waals surface area contributed by atoms with E-state index < -0.39 is 11.8 Å². The van der Waals surface area contributed by atoms with Crippen molar-refractivity contribution >= 4 is 11.8 Å². The molecule has 0 heterocycles. The number of benzene rings is 2. The van der Waals surface area contributed by atoms with Crippen molar-refractivity contribution in [2.24, 2.45) is 0 Å². The first-order chi connectivity index (χ1) is 11.9. The summed E-state index contributed by atoms with van der Waals surface area (Å²) in [5.41, 5.74) is 3.00. The van der Waals surface area contributed by atoms with E-state index in [1.807, 2.05) is 69.3 Å². The van der Waals surface area contributed by atoms with E-state index in [0.29, 0.717) is 13.1 Å². The normalized spacial score (nSPS) is 10.4. The summed E-state index contributed by atoms with van der Waals surface area (Å²) in [6.07, 6.45) is 0.114. The fourth-order valence-corrected chi connectivity index (χ4v) is 2.19. The Kier molecular flexibility index (Phi) is 6.57. The van der Waals surface area contributed by atoms with Gasteiger partial charge in [0.15, 0.2) is 0 Å². The molecular weight excluding hydrogens is 316 g/mol. The monoisotopic (exact) mass is 340 g/mol. The molecule has 0 atom stereocenters. The maximum Gasteiger partial charge on any atom is 0.309 e. The minimum absolute atomic E-state index is 0.114. The number of hydrogen-bond acceptors (Lipinski definition) is 3. The lowest BCUT2D eigenvalue weighted by molar-refractivity contribution is -0.139. The van der Waals surface area contributed by atoms with E-state index in [2.05, 4.69) is 10.6 Å². The van der Waals surface area contributed by atoms with Crippen molar-refractivity contribution in [2.45, 2.75) is 40.0 Å². The van der Waals surface area contributed by atoms with Gasteiger partial charge in [0.05, 0.1) is 6.10 Å². The number of amides is 2. The van der Waals surface area contributed by atoms with E-state index in [0.717, 1.165) is 22.4 Å². The Hall–Kier alpha value is -2.82. The average Bonchev–Trinajstić information content (AvgIpc) is 2.59. The lowest BCUT2D eigenvalue weighted by atomic mass is 10.1. The van der Waals surface area contributed by atoms with Crippen LogP contribution in [-0.2, 0) is 22.7 Å². The molecule has 0 unspecified atom stereocenters. The molecule has 2 aromatic carbocycles. The van der Waals surface area contributed by atoms with Gasteiger partial charge in [0, 0.05) is 13.1 Å². The molecule has 0 aromatic heterocycles. The molecule has 25 heavy (non-hydrogen) atoms. The van der Waals surface area contributed by atoms with E-state index in [9.17, 15) is 9.59 Å². The first-order valence-electron chi connectivity index (χ1n) is 8.31. The van der Waals surface area contributed by atoms with Gasteiger partial charge in [-0.3, -0.25) is 9.59 Å². The molecule has 2 aromatic rings. The Morgan fingerprint density at radius 2 is 1.28 bits per heavy atom. The summed E-state index contributed by atoms with van der Waals surface area (Å²) in [6, 6.07) is 15.2. The van der Waals surface area contributed by atoms with E-state index in [1.165, 1.54) is 0 Å². The summed E-state index contributed by atoms with van der Waals surface area (Å²) in [5, 5.41) is 5.23. The Labute approximate surface area is 148 Å².